The Bertz CT molecular complexity index is 637. The van der Waals surface area contributed by atoms with Crippen LogP contribution in [-0.4, -0.2) is 38.0 Å². The van der Waals surface area contributed by atoms with Crippen LogP contribution in [0.4, 0.5) is 5.69 Å². The molecule has 1 atom stereocenters. The van der Waals surface area contributed by atoms with E-state index in [0.717, 1.165) is 43.6 Å². The van der Waals surface area contributed by atoms with Gasteiger partial charge < -0.3 is 15.5 Å². The van der Waals surface area contributed by atoms with E-state index < -0.39 is 0 Å². The number of fused-ring (bicyclic) bond motifs is 1. The molecule has 1 unspecified atom stereocenters. The number of para-hydroxylation sites is 1. The Morgan fingerprint density at radius 2 is 2.09 bits per heavy atom. The molecule has 2 heterocycles. The molecule has 23 heavy (non-hydrogen) atoms. The third-order valence-corrected chi connectivity index (χ3v) is 5.67. The predicted octanol–water partition coefficient (Wildman–Crippen LogP) is 1.08. The fraction of sp³-hybridized carbons (Fsp3) is 0.556. The van der Waals surface area contributed by atoms with Crippen LogP contribution in [0.5, 0.6) is 0 Å². The molecule has 0 bridgehead atoms. The molecule has 1 spiro atoms. The normalized spacial score (nSPS) is 24.6. The molecular weight excluding hydrogens is 290 g/mol. The number of piperidine rings is 1. The molecule has 3 aliphatic rings. The van der Waals surface area contributed by atoms with Gasteiger partial charge >= 0.3 is 0 Å². The first kappa shape index (κ1) is 14.7. The smallest absolute Gasteiger partial charge is 0.231 e. The van der Waals surface area contributed by atoms with Crippen LogP contribution in [0.3, 0.4) is 0 Å². The van der Waals surface area contributed by atoms with Gasteiger partial charge in [0, 0.05) is 24.7 Å². The summed E-state index contributed by atoms with van der Waals surface area (Å²) in [7, 11) is 0. The van der Waals surface area contributed by atoms with Gasteiger partial charge in [0.05, 0.1) is 6.42 Å². The second kappa shape index (κ2) is 5.64. The Balaban J connectivity index is 1.29. The van der Waals surface area contributed by atoms with E-state index in [0.29, 0.717) is 19.5 Å². The molecule has 4 rings (SSSR count). The molecule has 2 amide bonds. The van der Waals surface area contributed by atoms with Crippen molar-refractivity contribution in [1.29, 1.82) is 0 Å². The third-order valence-electron chi connectivity index (χ3n) is 5.67. The topological polar surface area (TPSA) is 61.4 Å². The lowest BCUT2D eigenvalue weighted by molar-refractivity contribution is -0.123. The summed E-state index contributed by atoms with van der Waals surface area (Å²) in [6, 6.07) is 7.89. The Labute approximate surface area is 136 Å². The number of hydrogen-bond donors (Lipinski definition) is 2. The molecular formula is C18H23N3O2. The first-order valence-corrected chi connectivity index (χ1v) is 8.56. The Hall–Kier alpha value is -1.88. The molecule has 122 valence electrons. The van der Waals surface area contributed by atoms with E-state index in [1.54, 1.807) is 4.90 Å². The van der Waals surface area contributed by atoms with E-state index in [2.05, 4.69) is 10.6 Å². The zero-order valence-electron chi connectivity index (χ0n) is 13.3. The molecule has 2 N–H and O–H groups in total. The van der Waals surface area contributed by atoms with Crippen LogP contribution >= 0.6 is 0 Å². The van der Waals surface area contributed by atoms with Gasteiger partial charge in [-0.15, -0.1) is 0 Å². The number of anilines is 1. The van der Waals surface area contributed by atoms with Crippen molar-refractivity contribution in [3.05, 3.63) is 29.8 Å². The first-order chi connectivity index (χ1) is 11.2. The number of amides is 2. The Morgan fingerprint density at radius 1 is 1.30 bits per heavy atom. The van der Waals surface area contributed by atoms with Gasteiger partial charge in [-0.3, -0.25) is 9.59 Å². The van der Waals surface area contributed by atoms with E-state index >= 15 is 0 Å². The monoisotopic (exact) mass is 313 g/mol. The lowest BCUT2D eigenvalue weighted by Gasteiger charge is -2.23. The van der Waals surface area contributed by atoms with Crippen molar-refractivity contribution in [3.8, 4) is 0 Å². The second-order valence-electron chi connectivity index (χ2n) is 7.01. The van der Waals surface area contributed by atoms with E-state index in [9.17, 15) is 9.59 Å². The van der Waals surface area contributed by atoms with Gasteiger partial charge in [0.2, 0.25) is 11.8 Å². The molecule has 2 aliphatic heterocycles. The van der Waals surface area contributed by atoms with Gasteiger partial charge in [0.25, 0.3) is 0 Å². The number of hydrogen-bond acceptors (Lipinski definition) is 3. The summed E-state index contributed by atoms with van der Waals surface area (Å²) < 4.78 is 0. The minimum absolute atomic E-state index is 0.127. The summed E-state index contributed by atoms with van der Waals surface area (Å²) in [5.74, 6) is 0.486. The highest BCUT2D eigenvalue weighted by Gasteiger charge is 2.57. The molecule has 1 saturated heterocycles. The van der Waals surface area contributed by atoms with Crippen LogP contribution in [0.15, 0.2) is 24.3 Å². The average molecular weight is 313 g/mol. The fourth-order valence-corrected chi connectivity index (χ4v) is 4.17. The molecule has 1 saturated carbocycles. The number of nitrogens with one attached hydrogen (secondary N) is 2. The lowest BCUT2D eigenvalue weighted by Crippen LogP contribution is -2.38. The summed E-state index contributed by atoms with van der Waals surface area (Å²) in [5.41, 5.74) is 2.35. The van der Waals surface area contributed by atoms with Gasteiger partial charge in [-0.2, -0.15) is 0 Å². The lowest BCUT2D eigenvalue weighted by atomic mass is 9.92. The number of nitrogens with zero attached hydrogens (tertiary/aromatic N) is 1. The maximum absolute atomic E-state index is 12.3. The summed E-state index contributed by atoms with van der Waals surface area (Å²) in [6.07, 6.45) is 3.74. The van der Waals surface area contributed by atoms with Gasteiger partial charge in [-0.05, 0) is 49.4 Å². The fourth-order valence-electron chi connectivity index (χ4n) is 4.17. The van der Waals surface area contributed by atoms with Crippen LogP contribution in [-0.2, 0) is 16.0 Å². The van der Waals surface area contributed by atoms with E-state index in [1.807, 2.05) is 24.3 Å². The summed E-state index contributed by atoms with van der Waals surface area (Å²) in [4.78, 5) is 26.2. The molecule has 2 fully saturated rings. The summed E-state index contributed by atoms with van der Waals surface area (Å²) in [6.45, 7) is 3.15. The van der Waals surface area contributed by atoms with Crippen LogP contribution in [0.2, 0.25) is 0 Å². The molecule has 1 aromatic rings. The van der Waals surface area contributed by atoms with Crippen molar-refractivity contribution < 1.29 is 9.59 Å². The average Bonchev–Trinajstić information content (AvgIpc) is 3.15. The van der Waals surface area contributed by atoms with Crippen molar-refractivity contribution in [2.24, 2.45) is 11.3 Å². The zero-order valence-corrected chi connectivity index (χ0v) is 13.3. The molecule has 0 radical (unpaired) electrons. The van der Waals surface area contributed by atoms with Gasteiger partial charge in [-0.1, -0.05) is 18.2 Å². The maximum Gasteiger partial charge on any atom is 0.231 e. The summed E-state index contributed by atoms with van der Waals surface area (Å²) in [5, 5.41) is 6.40. The third kappa shape index (κ3) is 2.63. The molecule has 5 heteroatoms. The van der Waals surface area contributed by atoms with Crippen molar-refractivity contribution in [2.45, 2.75) is 25.7 Å². The quantitative estimate of drug-likeness (QED) is 0.874. The highest BCUT2D eigenvalue weighted by Crippen LogP contribution is 2.58. The molecule has 1 aromatic carbocycles. The van der Waals surface area contributed by atoms with Crippen molar-refractivity contribution in [2.75, 3.05) is 31.1 Å². The van der Waals surface area contributed by atoms with Gasteiger partial charge in [0.1, 0.15) is 0 Å². The van der Waals surface area contributed by atoms with Crippen LogP contribution in [0.25, 0.3) is 0 Å². The largest absolute Gasteiger partial charge is 0.354 e. The van der Waals surface area contributed by atoms with Crippen LogP contribution in [0, 0.1) is 11.3 Å². The highest BCUT2D eigenvalue weighted by molar-refractivity contribution is 6.01. The molecule has 5 nitrogen and oxygen atoms in total. The Morgan fingerprint density at radius 3 is 2.91 bits per heavy atom. The van der Waals surface area contributed by atoms with Crippen LogP contribution < -0.4 is 15.5 Å². The van der Waals surface area contributed by atoms with Crippen molar-refractivity contribution in [1.82, 2.24) is 10.6 Å². The number of rotatable bonds is 4. The van der Waals surface area contributed by atoms with E-state index in [4.69, 9.17) is 0 Å². The number of benzene rings is 1. The van der Waals surface area contributed by atoms with E-state index in [-0.39, 0.29) is 23.1 Å². The number of carbonyl (C=O) groups is 2. The minimum Gasteiger partial charge on any atom is -0.354 e. The van der Waals surface area contributed by atoms with Crippen molar-refractivity contribution >= 4 is 17.5 Å². The van der Waals surface area contributed by atoms with Crippen LogP contribution in [0.1, 0.15) is 24.8 Å². The molecule has 1 aliphatic carbocycles. The SMILES string of the molecule is O=C(NCCN1C(=O)Cc2ccccc21)C1CC12CCNCC2. The minimum atomic E-state index is 0.127. The maximum atomic E-state index is 12.3. The summed E-state index contributed by atoms with van der Waals surface area (Å²) >= 11 is 0. The van der Waals surface area contributed by atoms with E-state index in [1.165, 1.54) is 0 Å². The predicted molar refractivity (Wildman–Crippen MR) is 88.2 cm³/mol. The van der Waals surface area contributed by atoms with Crippen molar-refractivity contribution in [3.63, 3.8) is 0 Å². The Kier molecular flexibility index (Phi) is 3.60. The standard InChI is InChI=1S/C18H23N3O2/c22-16-11-13-3-1-2-4-15(13)21(16)10-9-20-17(23)14-12-18(14)5-7-19-8-6-18/h1-4,14,19H,5-12H2,(H,20,23). The number of carbonyl (C=O) groups excluding carboxylic acids is 2. The second-order valence-corrected chi connectivity index (χ2v) is 7.01. The zero-order chi connectivity index (χ0) is 15.9. The highest BCUT2D eigenvalue weighted by atomic mass is 16.2. The molecule has 0 aromatic heterocycles. The van der Waals surface area contributed by atoms with Gasteiger partial charge in [0.15, 0.2) is 0 Å². The first-order valence-electron chi connectivity index (χ1n) is 8.56. The van der Waals surface area contributed by atoms with Gasteiger partial charge in [-0.25, -0.2) is 0 Å².